The van der Waals surface area contributed by atoms with Gasteiger partial charge in [-0.2, -0.15) is 0 Å². The molecule has 3 rings (SSSR count). The van der Waals surface area contributed by atoms with Crippen LogP contribution in [0.5, 0.6) is 0 Å². The number of rotatable bonds is 1. The SMILES string of the molecule is CN(C)C1=Nc2ccccc2N(c2ccccc2)C(=O)C1. The normalized spacial score (nSPS) is 14.3. The number of para-hydroxylation sites is 3. The third-order valence-corrected chi connectivity index (χ3v) is 3.46. The fourth-order valence-electron chi connectivity index (χ4n) is 2.39. The Morgan fingerprint density at radius 3 is 2.38 bits per heavy atom. The summed E-state index contributed by atoms with van der Waals surface area (Å²) in [5.74, 6) is 0.796. The molecule has 0 aliphatic carbocycles. The quantitative estimate of drug-likeness (QED) is 0.802. The van der Waals surface area contributed by atoms with Crippen molar-refractivity contribution in [2.24, 2.45) is 4.99 Å². The van der Waals surface area contributed by atoms with Gasteiger partial charge in [-0.15, -0.1) is 0 Å². The lowest BCUT2D eigenvalue weighted by Crippen LogP contribution is -2.30. The van der Waals surface area contributed by atoms with Crippen molar-refractivity contribution in [3.8, 4) is 0 Å². The molecule has 0 fully saturated rings. The molecule has 2 aromatic rings. The van der Waals surface area contributed by atoms with Gasteiger partial charge in [0.25, 0.3) is 0 Å². The highest BCUT2D eigenvalue weighted by atomic mass is 16.2. The van der Waals surface area contributed by atoms with E-state index in [1.807, 2.05) is 73.6 Å². The first-order valence-corrected chi connectivity index (χ1v) is 6.89. The Morgan fingerprint density at radius 1 is 1.00 bits per heavy atom. The predicted octanol–water partition coefficient (Wildman–Crippen LogP) is 3.35. The molecule has 21 heavy (non-hydrogen) atoms. The summed E-state index contributed by atoms with van der Waals surface area (Å²) in [4.78, 5) is 21.0. The standard InChI is InChI=1S/C17H17N3O/c1-19(2)16-12-17(21)20(13-8-4-3-5-9-13)15-11-7-6-10-14(15)18-16/h3-11H,12H2,1-2H3. The average Bonchev–Trinajstić information content (AvgIpc) is 2.64. The Bertz CT molecular complexity index is 692. The molecule has 0 unspecified atom stereocenters. The van der Waals surface area contributed by atoms with Crippen molar-refractivity contribution in [1.82, 2.24) is 4.90 Å². The number of anilines is 2. The zero-order valence-electron chi connectivity index (χ0n) is 12.2. The van der Waals surface area contributed by atoms with Gasteiger partial charge in [-0.3, -0.25) is 9.69 Å². The lowest BCUT2D eigenvalue weighted by Gasteiger charge is -2.22. The van der Waals surface area contributed by atoms with Crippen molar-refractivity contribution < 1.29 is 4.79 Å². The van der Waals surface area contributed by atoms with Crippen LogP contribution in [0.1, 0.15) is 6.42 Å². The predicted molar refractivity (Wildman–Crippen MR) is 85.4 cm³/mol. The largest absolute Gasteiger partial charge is 0.366 e. The van der Waals surface area contributed by atoms with Crippen LogP contribution >= 0.6 is 0 Å². The topological polar surface area (TPSA) is 35.9 Å². The molecule has 0 saturated carbocycles. The molecule has 2 aromatic carbocycles. The average molecular weight is 279 g/mol. The van der Waals surface area contributed by atoms with Crippen LogP contribution in [0, 0.1) is 0 Å². The molecule has 0 bridgehead atoms. The number of carbonyl (C=O) groups is 1. The highest BCUT2D eigenvalue weighted by Crippen LogP contribution is 2.36. The Labute approximate surface area is 124 Å². The van der Waals surface area contributed by atoms with Gasteiger partial charge in [0.05, 0.1) is 17.8 Å². The molecular formula is C17H17N3O. The molecule has 1 heterocycles. The number of carbonyl (C=O) groups excluding carboxylic acids is 1. The Kier molecular flexibility index (Phi) is 3.44. The summed E-state index contributed by atoms with van der Waals surface area (Å²) in [6, 6.07) is 17.4. The first kappa shape index (κ1) is 13.4. The molecule has 1 aliphatic heterocycles. The molecule has 4 heteroatoms. The van der Waals surface area contributed by atoms with Crippen molar-refractivity contribution >= 4 is 28.8 Å². The van der Waals surface area contributed by atoms with Gasteiger partial charge in [0, 0.05) is 19.8 Å². The molecule has 0 spiro atoms. The highest BCUT2D eigenvalue weighted by molar-refractivity contribution is 6.14. The van der Waals surface area contributed by atoms with Crippen LogP contribution in [-0.4, -0.2) is 30.7 Å². The number of aliphatic imine (C=N–C) groups is 1. The molecule has 1 amide bonds. The summed E-state index contributed by atoms with van der Waals surface area (Å²) in [6.07, 6.45) is 0.288. The second-order valence-electron chi connectivity index (χ2n) is 5.15. The van der Waals surface area contributed by atoms with Crippen molar-refractivity contribution in [2.45, 2.75) is 6.42 Å². The van der Waals surface area contributed by atoms with Crippen molar-refractivity contribution in [1.29, 1.82) is 0 Å². The molecule has 0 aromatic heterocycles. The first-order valence-electron chi connectivity index (χ1n) is 6.89. The van der Waals surface area contributed by atoms with Crippen molar-refractivity contribution in [3.05, 3.63) is 54.6 Å². The van der Waals surface area contributed by atoms with Gasteiger partial charge in [-0.25, -0.2) is 4.99 Å². The third-order valence-electron chi connectivity index (χ3n) is 3.46. The number of amides is 1. The lowest BCUT2D eigenvalue weighted by atomic mass is 10.2. The number of benzene rings is 2. The summed E-state index contributed by atoms with van der Waals surface area (Å²) in [5.41, 5.74) is 2.51. The molecule has 0 saturated heterocycles. The van der Waals surface area contributed by atoms with Crippen LogP contribution in [0.15, 0.2) is 59.6 Å². The van der Waals surface area contributed by atoms with E-state index in [1.54, 1.807) is 4.90 Å². The minimum atomic E-state index is 0.0265. The van der Waals surface area contributed by atoms with Gasteiger partial charge in [0.1, 0.15) is 5.84 Å². The number of hydrogen-bond donors (Lipinski definition) is 0. The first-order chi connectivity index (χ1) is 10.2. The maximum atomic E-state index is 12.7. The van der Waals surface area contributed by atoms with E-state index in [4.69, 9.17) is 0 Å². The summed E-state index contributed by atoms with van der Waals surface area (Å²) in [5, 5.41) is 0. The minimum Gasteiger partial charge on any atom is -0.366 e. The van der Waals surface area contributed by atoms with Crippen LogP contribution in [0.4, 0.5) is 17.1 Å². The number of hydrogen-bond acceptors (Lipinski definition) is 3. The van der Waals surface area contributed by atoms with Gasteiger partial charge in [-0.05, 0) is 24.3 Å². The number of fused-ring (bicyclic) bond motifs is 1. The molecule has 1 aliphatic rings. The second kappa shape index (κ2) is 5.40. The van der Waals surface area contributed by atoms with Crippen LogP contribution < -0.4 is 4.90 Å². The summed E-state index contributed by atoms with van der Waals surface area (Å²) < 4.78 is 0. The van der Waals surface area contributed by atoms with Gasteiger partial charge < -0.3 is 4.90 Å². The third kappa shape index (κ3) is 2.52. The minimum absolute atomic E-state index is 0.0265. The Morgan fingerprint density at radius 2 is 1.67 bits per heavy atom. The number of nitrogens with zero attached hydrogens (tertiary/aromatic N) is 3. The number of amidine groups is 1. The lowest BCUT2D eigenvalue weighted by molar-refractivity contribution is -0.116. The zero-order chi connectivity index (χ0) is 14.8. The summed E-state index contributed by atoms with van der Waals surface area (Å²) >= 11 is 0. The van der Waals surface area contributed by atoms with E-state index in [0.717, 1.165) is 22.9 Å². The highest BCUT2D eigenvalue weighted by Gasteiger charge is 2.25. The van der Waals surface area contributed by atoms with Crippen LogP contribution in [0.3, 0.4) is 0 Å². The van der Waals surface area contributed by atoms with E-state index in [9.17, 15) is 4.79 Å². The maximum Gasteiger partial charge on any atom is 0.239 e. The molecule has 106 valence electrons. The summed E-state index contributed by atoms with van der Waals surface area (Å²) in [7, 11) is 3.82. The maximum absolute atomic E-state index is 12.7. The van der Waals surface area contributed by atoms with E-state index in [0.29, 0.717) is 0 Å². The van der Waals surface area contributed by atoms with Crippen LogP contribution in [0.25, 0.3) is 0 Å². The Balaban J connectivity index is 2.15. The smallest absolute Gasteiger partial charge is 0.239 e. The van der Waals surface area contributed by atoms with E-state index in [2.05, 4.69) is 4.99 Å². The monoisotopic (exact) mass is 279 g/mol. The molecule has 0 atom stereocenters. The van der Waals surface area contributed by atoms with E-state index in [1.165, 1.54) is 0 Å². The fraction of sp³-hybridized carbons (Fsp3) is 0.176. The van der Waals surface area contributed by atoms with Crippen LogP contribution in [0.2, 0.25) is 0 Å². The van der Waals surface area contributed by atoms with Crippen LogP contribution in [-0.2, 0) is 4.79 Å². The fourth-order valence-corrected chi connectivity index (χ4v) is 2.39. The second-order valence-corrected chi connectivity index (χ2v) is 5.15. The molecule has 4 nitrogen and oxygen atoms in total. The Hall–Kier alpha value is -2.62. The molecule has 0 N–H and O–H groups in total. The molecular weight excluding hydrogens is 262 g/mol. The molecule has 0 radical (unpaired) electrons. The van der Waals surface area contributed by atoms with Crippen molar-refractivity contribution in [2.75, 3.05) is 19.0 Å². The van der Waals surface area contributed by atoms with Crippen molar-refractivity contribution in [3.63, 3.8) is 0 Å². The van der Waals surface area contributed by atoms with E-state index in [-0.39, 0.29) is 12.3 Å². The van der Waals surface area contributed by atoms with E-state index >= 15 is 0 Å². The van der Waals surface area contributed by atoms with E-state index < -0.39 is 0 Å². The van der Waals surface area contributed by atoms with Gasteiger partial charge in [0.15, 0.2) is 0 Å². The van der Waals surface area contributed by atoms with Gasteiger partial charge >= 0.3 is 0 Å². The van der Waals surface area contributed by atoms with Gasteiger partial charge in [-0.1, -0.05) is 30.3 Å². The zero-order valence-corrected chi connectivity index (χ0v) is 12.2. The van der Waals surface area contributed by atoms with Gasteiger partial charge in [0.2, 0.25) is 5.91 Å². The summed E-state index contributed by atoms with van der Waals surface area (Å²) in [6.45, 7) is 0.